The molecule has 0 N–H and O–H groups in total. The molecule has 1 aliphatic heterocycles. The maximum Gasteiger partial charge on any atom is 0.244 e. The molecule has 1 aromatic heterocycles. The van der Waals surface area contributed by atoms with Gasteiger partial charge in [0.15, 0.2) is 11.5 Å². The third kappa shape index (κ3) is 3.30. The van der Waals surface area contributed by atoms with Crippen molar-refractivity contribution in [3.63, 3.8) is 0 Å². The number of nitrogens with zero attached hydrogens (tertiary/aromatic N) is 2. The van der Waals surface area contributed by atoms with Crippen LogP contribution in [0, 0.1) is 0 Å². The van der Waals surface area contributed by atoms with Crippen LogP contribution in [0.2, 0.25) is 0 Å². The van der Waals surface area contributed by atoms with Crippen molar-refractivity contribution in [1.82, 2.24) is 9.29 Å². The Labute approximate surface area is 135 Å². The lowest BCUT2D eigenvalue weighted by Crippen LogP contribution is -2.27. The zero-order valence-electron chi connectivity index (χ0n) is 12.8. The highest BCUT2D eigenvalue weighted by molar-refractivity contribution is 7.89. The molecular weight excluding hydrogens is 316 g/mol. The van der Waals surface area contributed by atoms with Crippen molar-refractivity contribution in [2.45, 2.75) is 17.7 Å². The molecule has 0 unspecified atom stereocenters. The summed E-state index contributed by atoms with van der Waals surface area (Å²) in [6, 6.07) is 10.3. The number of methoxy groups -OCH3 is 1. The fraction of sp³-hybridized carbons (Fsp3) is 0.312. The van der Waals surface area contributed by atoms with E-state index in [2.05, 4.69) is 4.98 Å². The first kappa shape index (κ1) is 15.8. The molecule has 1 aliphatic rings. The maximum atomic E-state index is 12.4. The van der Waals surface area contributed by atoms with Crippen molar-refractivity contribution in [3.05, 3.63) is 42.6 Å². The fourth-order valence-corrected chi connectivity index (χ4v) is 3.94. The number of benzene rings is 1. The van der Waals surface area contributed by atoms with Crippen molar-refractivity contribution in [3.8, 4) is 17.4 Å². The van der Waals surface area contributed by atoms with E-state index >= 15 is 0 Å². The summed E-state index contributed by atoms with van der Waals surface area (Å²) in [6.07, 6.45) is 3.14. The van der Waals surface area contributed by atoms with Gasteiger partial charge < -0.3 is 9.47 Å². The maximum absolute atomic E-state index is 12.4. The fourth-order valence-electron chi connectivity index (χ4n) is 2.47. The summed E-state index contributed by atoms with van der Waals surface area (Å²) in [5, 5.41) is 0. The molecule has 23 heavy (non-hydrogen) atoms. The van der Waals surface area contributed by atoms with Gasteiger partial charge >= 0.3 is 0 Å². The molecule has 0 spiro atoms. The average Bonchev–Trinajstić information content (AvgIpc) is 3.11. The van der Waals surface area contributed by atoms with Crippen LogP contribution in [-0.4, -0.2) is 37.9 Å². The average molecular weight is 334 g/mol. The van der Waals surface area contributed by atoms with Gasteiger partial charge in [-0.15, -0.1) is 0 Å². The number of rotatable bonds is 5. The Morgan fingerprint density at radius 1 is 1.04 bits per heavy atom. The van der Waals surface area contributed by atoms with Gasteiger partial charge in [-0.2, -0.15) is 4.31 Å². The summed E-state index contributed by atoms with van der Waals surface area (Å²) in [6.45, 7) is 1.14. The van der Waals surface area contributed by atoms with Crippen molar-refractivity contribution in [2.24, 2.45) is 0 Å². The van der Waals surface area contributed by atoms with Crippen molar-refractivity contribution in [2.75, 3.05) is 20.2 Å². The molecule has 0 saturated carbocycles. The van der Waals surface area contributed by atoms with Crippen LogP contribution >= 0.6 is 0 Å². The largest absolute Gasteiger partial charge is 0.493 e. The summed E-state index contributed by atoms with van der Waals surface area (Å²) in [5.41, 5.74) is 0. The third-order valence-electron chi connectivity index (χ3n) is 3.70. The molecular formula is C16H18N2O4S. The summed E-state index contributed by atoms with van der Waals surface area (Å²) in [7, 11) is -1.89. The number of ether oxygens (including phenoxy) is 2. The highest BCUT2D eigenvalue weighted by Gasteiger charge is 2.27. The quantitative estimate of drug-likeness (QED) is 0.841. The highest BCUT2D eigenvalue weighted by Crippen LogP contribution is 2.30. The van der Waals surface area contributed by atoms with Gasteiger partial charge in [0.2, 0.25) is 15.9 Å². The molecule has 0 atom stereocenters. The van der Waals surface area contributed by atoms with E-state index in [-0.39, 0.29) is 4.90 Å². The van der Waals surface area contributed by atoms with Crippen LogP contribution in [0.5, 0.6) is 17.4 Å². The molecule has 0 amide bonds. The molecule has 3 rings (SSSR count). The van der Waals surface area contributed by atoms with Gasteiger partial charge in [-0.25, -0.2) is 13.4 Å². The van der Waals surface area contributed by atoms with Gasteiger partial charge in [0.05, 0.1) is 13.3 Å². The lowest BCUT2D eigenvalue weighted by Gasteiger charge is -2.15. The van der Waals surface area contributed by atoms with Gasteiger partial charge in [0, 0.05) is 19.2 Å². The predicted octanol–water partition coefficient (Wildman–Crippen LogP) is 2.67. The van der Waals surface area contributed by atoms with Crippen molar-refractivity contribution < 1.29 is 17.9 Å². The van der Waals surface area contributed by atoms with E-state index in [1.54, 1.807) is 25.3 Å². The molecule has 2 heterocycles. The Kier molecular flexibility index (Phi) is 4.49. The number of pyridine rings is 1. The summed E-state index contributed by atoms with van der Waals surface area (Å²) < 4.78 is 37.2. The Balaban J connectivity index is 1.79. The molecule has 122 valence electrons. The zero-order valence-corrected chi connectivity index (χ0v) is 13.6. The number of hydrogen-bond donors (Lipinski definition) is 0. The van der Waals surface area contributed by atoms with Crippen LogP contribution in [0.3, 0.4) is 0 Å². The third-order valence-corrected chi connectivity index (χ3v) is 5.58. The highest BCUT2D eigenvalue weighted by atomic mass is 32.2. The molecule has 0 radical (unpaired) electrons. The number of sulfonamides is 1. The zero-order chi connectivity index (χ0) is 16.3. The number of para-hydroxylation sites is 2. The first-order valence-corrected chi connectivity index (χ1v) is 8.82. The second-order valence-corrected chi connectivity index (χ2v) is 7.13. The second kappa shape index (κ2) is 6.55. The second-order valence-electron chi connectivity index (χ2n) is 5.20. The van der Waals surface area contributed by atoms with E-state index in [4.69, 9.17) is 9.47 Å². The molecule has 1 fully saturated rings. The minimum Gasteiger partial charge on any atom is -0.493 e. The van der Waals surface area contributed by atoms with Crippen LogP contribution in [-0.2, 0) is 10.0 Å². The van der Waals surface area contributed by atoms with E-state index in [0.717, 1.165) is 12.8 Å². The summed E-state index contributed by atoms with van der Waals surface area (Å²) >= 11 is 0. The van der Waals surface area contributed by atoms with Gasteiger partial charge in [-0.3, -0.25) is 0 Å². The Morgan fingerprint density at radius 2 is 1.74 bits per heavy atom. The first-order valence-electron chi connectivity index (χ1n) is 7.38. The Hall–Kier alpha value is -2.12. The molecule has 6 nitrogen and oxygen atoms in total. The summed E-state index contributed by atoms with van der Waals surface area (Å²) in [4.78, 5) is 4.29. The monoisotopic (exact) mass is 334 g/mol. The van der Waals surface area contributed by atoms with Gasteiger partial charge in [0.1, 0.15) is 4.90 Å². The van der Waals surface area contributed by atoms with E-state index < -0.39 is 10.0 Å². The lowest BCUT2D eigenvalue weighted by molar-refractivity contribution is 0.374. The van der Waals surface area contributed by atoms with Crippen molar-refractivity contribution in [1.29, 1.82) is 0 Å². The Bertz CT molecular complexity index is 769. The lowest BCUT2D eigenvalue weighted by atomic mass is 10.3. The van der Waals surface area contributed by atoms with Gasteiger partial charge in [-0.05, 0) is 31.0 Å². The van der Waals surface area contributed by atoms with Crippen LogP contribution in [0.4, 0.5) is 0 Å². The first-order chi connectivity index (χ1) is 11.1. The van der Waals surface area contributed by atoms with E-state index in [1.165, 1.54) is 16.6 Å². The van der Waals surface area contributed by atoms with Gasteiger partial charge in [0.25, 0.3) is 0 Å². The number of hydrogen-bond acceptors (Lipinski definition) is 5. The van der Waals surface area contributed by atoms with E-state index in [0.29, 0.717) is 30.5 Å². The van der Waals surface area contributed by atoms with E-state index in [9.17, 15) is 8.42 Å². The van der Waals surface area contributed by atoms with Crippen LogP contribution < -0.4 is 9.47 Å². The topological polar surface area (TPSA) is 68.7 Å². The molecule has 7 heteroatoms. The molecule has 0 bridgehead atoms. The standard InChI is InChI=1S/C16H18N2O4S/c1-21-14-6-2-3-7-15(14)22-16-9-8-13(12-17-16)23(19,20)18-10-4-5-11-18/h2-3,6-9,12H,4-5,10-11H2,1H3. The minimum atomic E-state index is -3.45. The molecule has 1 saturated heterocycles. The Morgan fingerprint density at radius 3 is 2.35 bits per heavy atom. The van der Waals surface area contributed by atoms with Gasteiger partial charge in [-0.1, -0.05) is 12.1 Å². The van der Waals surface area contributed by atoms with E-state index in [1.807, 2.05) is 12.1 Å². The normalized spacial score (nSPS) is 15.5. The predicted molar refractivity (Wildman–Crippen MR) is 85.3 cm³/mol. The molecule has 0 aliphatic carbocycles. The molecule has 1 aromatic carbocycles. The smallest absolute Gasteiger partial charge is 0.244 e. The minimum absolute atomic E-state index is 0.187. The SMILES string of the molecule is COc1ccccc1Oc1ccc(S(=O)(=O)N2CCCC2)cn1. The summed E-state index contributed by atoms with van der Waals surface area (Å²) in [5.74, 6) is 1.43. The van der Waals surface area contributed by atoms with Crippen LogP contribution in [0.25, 0.3) is 0 Å². The van der Waals surface area contributed by atoms with Crippen LogP contribution in [0.1, 0.15) is 12.8 Å². The van der Waals surface area contributed by atoms with Crippen LogP contribution in [0.15, 0.2) is 47.5 Å². The number of aromatic nitrogens is 1. The molecule has 2 aromatic rings. The van der Waals surface area contributed by atoms with Crippen molar-refractivity contribution >= 4 is 10.0 Å².